The zero-order chi connectivity index (χ0) is 9.57. The Labute approximate surface area is 83.7 Å². The number of unbranched alkanes of at least 4 members (excludes halogenated alkanes) is 3. The molecule has 0 aromatic carbocycles. The van der Waals surface area contributed by atoms with Crippen molar-refractivity contribution >= 4 is 0 Å². The molecule has 0 aromatic heterocycles. The average Bonchev–Trinajstić information content (AvgIpc) is 2.14. The molecule has 0 bridgehead atoms. The Bertz CT molecular complexity index is 125. The molecule has 0 unspecified atom stereocenters. The summed E-state index contributed by atoms with van der Waals surface area (Å²) >= 11 is 0. The number of quaternary nitrogens is 1. The largest absolute Gasteiger partial charge is 0.326 e. The fraction of sp³-hybridized carbons (Fsp3) is 1.00. The Morgan fingerprint density at radius 1 is 0.923 bits per heavy atom. The van der Waals surface area contributed by atoms with Crippen molar-refractivity contribution in [3.63, 3.8) is 0 Å². The molecular formula is C12H26N+. The van der Waals surface area contributed by atoms with Gasteiger partial charge in [0.2, 0.25) is 0 Å². The van der Waals surface area contributed by atoms with E-state index in [1.165, 1.54) is 69.1 Å². The van der Waals surface area contributed by atoms with Crippen LogP contribution in [-0.2, 0) is 0 Å². The van der Waals surface area contributed by atoms with Crippen LogP contribution in [-0.4, -0.2) is 31.2 Å². The van der Waals surface area contributed by atoms with E-state index in [1.54, 1.807) is 0 Å². The molecular weight excluding hydrogens is 158 g/mol. The monoisotopic (exact) mass is 184 g/mol. The normalized spacial score (nSPS) is 21.7. The summed E-state index contributed by atoms with van der Waals surface area (Å²) in [6, 6.07) is 0. The molecule has 1 saturated heterocycles. The Morgan fingerprint density at radius 2 is 1.62 bits per heavy atom. The van der Waals surface area contributed by atoms with Gasteiger partial charge in [-0.15, -0.1) is 0 Å². The van der Waals surface area contributed by atoms with Crippen molar-refractivity contribution in [2.45, 2.75) is 51.9 Å². The SMILES string of the molecule is CCCCCC[N+]1(C)CCCCC1. The van der Waals surface area contributed by atoms with Crippen LogP contribution in [0.25, 0.3) is 0 Å². The van der Waals surface area contributed by atoms with Crippen molar-refractivity contribution in [3.8, 4) is 0 Å². The highest BCUT2D eigenvalue weighted by atomic mass is 15.3. The summed E-state index contributed by atoms with van der Waals surface area (Å²) in [5.74, 6) is 0. The highest BCUT2D eigenvalue weighted by Gasteiger charge is 2.23. The lowest BCUT2D eigenvalue weighted by Crippen LogP contribution is -2.48. The van der Waals surface area contributed by atoms with Gasteiger partial charge in [-0.2, -0.15) is 0 Å². The Balaban J connectivity index is 2.10. The molecule has 1 rings (SSSR count). The molecule has 0 aromatic rings. The topological polar surface area (TPSA) is 0 Å². The van der Waals surface area contributed by atoms with E-state index >= 15 is 0 Å². The van der Waals surface area contributed by atoms with Crippen LogP contribution >= 0.6 is 0 Å². The predicted octanol–water partition coefficient (Wildman–Crippen LogP) is 3.20. The number of nitrogens with zero attached hydrogens (tertiary/aromatic N) is 1. The van der Waals surface area contributed by atoms with E-state index in [9.17, 15) is 0 Å². The van der Waals surface area contributed by atoms with Crippen molar-refractivity contribution in [2.24, 2.45) is 0 Å². The molecule has 13 heavy (non-hydrogen) atoms. The zero-order valence-electron chi connectivity index (χ0n) is 9.52. The van der Waals surface area contributed by atoms with Gasteiger partial charge in [0.15, 0.2) is 0 Å². The minimum atomic E-state index is 1.36. The number of piperidine rings is 1. The molecule has 1 nitrogen and oxygen atoms in total. The maximum absolute atomic E-state index is 2.45. The molecule has 1 heterocycles. The van der Waals surface area contributed by atoms with E-state index in [1.807, 2.05) is 0 Å². The van der Waals surface area contributed by atoms with Gasteiger partial charge in [0.25, 0.3) is 0 Å². The molecule has 78 valence electrons. The molecule has 1 heteroatoms. The second kappa shape index (κ2) is 5.64. The quantitative estimate of drug-likeness (QED) is 0.455. The van der Waals surface area contributed by atoms with E-state index in [-0.39, 0.29) is 0 Å². The lowest BCUT2D eigenvalue weighted by Gasteiger charge is -2.37. The highest BCUT2D eigenvalue weighted by molar-refractivity contribution is 4.52. The van der Waals surface area contributed by atoms with E-state index < -0.39 is 0 Å². The first-order valence-corrected chi connectivity index (χ1v) is 6.10. The lowest BCUT2D eigenvalue weighted by atomic mass is 10.1. The van der Waals surface area contributed by atoms with Crippen LogP contribution in [0.3, 0.4) is 0 Å². The molecule has 0 atom stereocenters. The van der Waals surface area contributed by atoms with Crippen molar-refractivity contribution in [1.29, 1.82) is 0 Å². The Morgan fingerprint density at radius 3 is 2.23 bits per heavy atom. The highest BCUT2D eigenvalue weighted by Crippen LogP contribution is 2.17. The van der Waals surface area contributed by atoms with Gasteiger partial charge >= 0.3 is 0 Å². The van der Waals surface area contributed by atoms with E-state index in [0.717, 1.165) is 0 Å². The van der Waals surface area contributed by atoms with Gasteiger partial charge in [-0.1, -0.05) is 19.8 Å². The van der Waals surface area contributed by atoms with Crippen LogP contribution in [0, 0.1) is 0 Å². The Hall–Kier alpha value is -0.0400. The minimum absolute atomic E-state index is 1.36. The van der Waals surface area contributed by atoms with E-state index in [4.69, 9.17) is 0 Å². The molecule has 0 amide bonds. The first kappa shape index (κ1) is 11.0. The lowest BCUT2D eigenvalue weighted by molar-refractivity contribution is -0.914. The standard InChI is InChI=1S/C12H26N/c1-3-4-5-7-10-13(2)11-8-6-9-12-13/h3-12H2,1-2H3/q+1. The third-order valence-electron chi connectivity index (χ3n) is 3.45. The van der Waals surface area contributed by atoms with Crippen molar-refractivity contribution in [2.75, 3.05) is 26.7 Å². The molecule has 0 N–H and O–H groups in total. The maximum Gasteiger partial charge on any atom is 0.0784 e. The molecule has 0 spiro atoms. The van der Waals surface area contributed by atoms with Crippen LogP contribution in [0.4, 0.5) is 0 Å². The second-order valence-corrected chi connectivity index (χ2v) is 4.91. The van der Waals surface area contributed by atoms with Gasteiger partial charge in [-0.25, -0.2) is 0 Å². The predicted molar refractivity (Wildman–Crippen MR) is 58.8 cm³/mol. The number of rotatable bonds is 5. The minimum Gasteiger partial charge on any atom is -0.326 e. The van der Waals surface area contributed by atoms with Gasteiger partial charge in [0.05, 0.1) is 26.7 Å². The third kappa shape index (κ3) is 4.12. The summed E-state index contributed by atoms with van der Waals surface area (Å²) in [6.45, 7) is 6.59. The Kier molecular flexibility index (Phi) is 4.79. The molecule has 1 aliphatic rings. The van der Waals surface area contributed by atoms with Crippen molar-refractivity contribution in [3.05, 3.63) is 0 Å². The number of hydrogen-bond acceptors (Lipinski definition) is 0. The van der Waals surface area contributed by atoms with Crippen LogP contribution in [0.2, 0.25) is 0 Å². The van der Waals surface area contributed by atoms with Crippen LogP contribution in [0.15, 0.2) is 0 Å². The fourth-order valence-corrected chi connectivity index (χ4v) is 2.42. The summed E-state index contributed by atoms with van der Waals surface area (Å²) in [4.78, 5) is 0. The molecule has 1 fully saturated rings. The van der Waals surface area contributed by atoms with Gasteiger partial charge in [-0.05, 0) is 32.1 Å². The number of likely N-dealkylation sites (tertiary alicyclic amines) is 1. The third-order valence-corrected chi connectivity index (χ3v) is 3.45. The summed E-state index contributed by atoms with van der Waals surface area (Å²) in [6.07, 6.45) is 10.1. The number of hydrogen-bond donors (Lipinski definition) is 0. The van der Waals surface area contributed by atoms with Crippen LogP contribution in [0.5, 0.6) is 0 Å². The van der Waals surface area contributed by atoms with Gasteiger partial charge in [0, 0.05) is 0 Å². The molecule has 0 saturated carbocycles. The zero-order valence-corrected chi connectivity index (χ0v) is 9.52. The molecule has 0 radical (unpaired) electrons. The van der Waals surface area contributed by atoms with E-state index in [0.29, 0.717) is 0 Å². The molecule has 1 aliphatic heterocycles. The van der Waals surface area contributed by atoms with Gasteiger partial charge < -0.3 is 4.48 Å². The summed E-state index contributed by atoms with van der Waals surface area (Å²) < 4.78 is 1.36. The fourth-order valence-electron chi connectivity index (χ4n) is 2.42. The summed E-state index contributed by atoms with van der Waals surface area (Å²) in [5.41, 5.74) is 0. The van der Waals surface area contributed by atoms with Crippen molar-refractivity contribution in [1.82, 2.24) is 0 Å². The van der Waals surface area contributed by atoms with Crippen molar-refractivity contribution < 1.29 is 4.48 Å². The maximum atomic E-state index is 2.45. The van der Waals surface area contributed by atoms with Gasteiger partial charge in [-0.3, -0.25) is 0 Å². The first-order chi connectivity index (χ1) is 6.27. The smallest absolute Gasteiger partial charge is 0.0784 e. The van der Waals surface area contributed by atoms with Crippen LogP contribution < -0.4 is 0 Å². The average molecular weight is 184 g/mol. The van der Waals surface area contributed by atoms with Crippen LogP contribution in [0.1, 0.15) is 51.9 Å². The second-order valence-electron chi connectivity index (χ2n) is 4.91. The molecule has 0 aliphatic carbocycles. The van der Waals surface area contributed by atoms with E-state index in [2.05, 4.69) is 14.0 Å². The summed E-state index contributed by atoms with van der Waals surface area (Å²) in [7, 11) is 2.45. The summed E-state index contributed by atoms with van der Waals surface area (Å²) in [5, 5.41) is 0. The first-order valence-electron chi connectivity index (χ1n) is 6.10. The van der Waals surface area contributed by atoms with Gasteiger partial charge in [0.1, 0.15) is 0 Å².